The van der Waals surface area contributed by atoms with Crippen molar-refractivity contribution >= 4 is 45.8 Å². The number of anilines is 1. The van der Waals surface area contributed by atoms with Gasteiger partial charge in [0.05, 0.1) is 5.69 Å². The summed E-state index contributed by atoms with van der Waals surface area (Å²) in [5, 5.41) is 5.15. The van der Waals surface area contributed by atoms with Gasteiger partial charge >= 0.3 is 0 Å². The second-order valence-corrected chi connectivity index (χ2v) is 8.55. The third kappa shape index (κ3) is 4.44. The standard InChI is InChI=1S/C26H26ClN3O3/c1-17(25(32)28-2)30(16-19-8-3-4-12-21(19)27)23(31)14-7-15-29-22-13-6-10-18-9-5-11-20(24(18)22)26(29)33/h3-6,8-13,17H,7,14-16H2,1-2H3,(H,28,32)/t17-/m1/s1. The van der Waals surface area contributed by atoms with Gasteiger partial charge in [0.15, 0.2) is 0 Å². The Morgan fingerprint density at radius 2 is 1.79 bits per heavy atom. The molecule has 0 spiro atoms. The van der Waals surface area contributed by atoms with E-state index in [1.54, 1.807) is 29.8 Å². The molecule has 0 aromatic heterocycles. The molecular weight excluding hydrogens is 438 g/mol. The lowest BCUT2D eigenvalue weighted by molar-refractivity contribution is -0.140. The number of rotatable bonds is 8. The van der Waals surface area contributed by atoms with Gasteiger partial charge in [0, 0.05) is 42.5 Å². The molecule has 6 nitrogen and oxygen atoms in total. The maximum absolute atomic E-state index is 13.2. The molecule has 170 valence electrons. The van der Waals surface area contributed by atoms with Crippen LogP contribution >= 0.6 is 11.6 Å². The molecule has 1 aliphatic heterocycles. The third-order valence-corrected chi connectivity index (χ3v) is 6.50. The van der Waals surface area contributed by atoms with Gasteiger partial charge < -0.3 is 15.1 Å². The summed E-state index contributed by atoms with van der Waals surface area (Å²) >= 11 is 6.30. The summed E-state index contributed by atoms with van der Waals surface area (Å²) in [7, 11) is 1.55. The van der Waals surface area contributed by atoms with Crippen molar-refractivity contribution in [3.05, 3.63) is 76.8 Å². The first kappa shape index (κ1) is 22.8. The minimum atomic E-state index is -0.648. The van der Waals surface area contributed by atoms with E-state index in [1.807, 2.05) is 54.6 Å². The summed E-state index contributed by atoms with van der Waals surface area (Å²) in [6.07, 6.45) is 0.691. The van der Waals surface area contributed by atoms with E-state index in [0.717, 1.165) is 22.0 Å². The van der Waals surface area contributed by atoms with Crippen LogP contribution in [0.5, 0.6) is 0 Å². The first-order chi connectivity index (χ1) is 15.9. The highest BCUT2D eigenvalue weighted by atomic mass is 35.5. The Kier molecular flexibility index (Phi) is 6.65. The molecule has 3 amide bonds. The normalized spacial score (nSPS) is 13.3. The second-order valence-electron chi connectivity index (χ2n) is 8.14. The molecule has 0 saturated heterocycles. The number of hydrogen-bond acceptors (Lipinski definition) is 3. The van der Waals surface area contributed by atoms with Crippen molar-refractivity contribution in [3.63, 3.8) is 0 Å². The molecule has 3 aromatic carbocycles. The van der Waals surface area contributed by atoms with Gasteiger partial charge in [0.25, 0.3) is 5.91 Å². The maximum atomic E-state index is 13.2. The van der Waals surface area contributed by atoms with Gasteiger partial charge in [0.2, 0.25) is 11.8 Å². The molecule has 0 fully saturated rings. The van der Waals surface area contributed by atoms with E-state index in [2.05, 4.69) is 5.32 Å². The molecule has 1 aliphatic rings. The summed E-state index contributed by atoms with van der Waals surface area (Å²) in [4.78, 5) is 41.7. The van der Waals surface area contributed by atoms with E-state index < -0.39 is 6.04 Å². The highest BCUT2D eigenvalue weighted by Gasteiger charge is 2.30. The third-order valence-electron chi connectivity index (χ3n) is 6.13. The first-order valence-electron chi connectivity index (χ1n) is 11.0. The molecule has 0 aliphatic carbocycles. The highest BCUT2D eigenvalue weighted by Crippen LogP contribution is 2.37. The predicted molar refractivity (Wildman–Crippen MR) is 130 cm³/mol. The van der Waals surface area contributed by atoms with Gasteiger partial charge in [-0.25, -0.2) is 0 Å². The van der Waals surface area contributed by atoms with Crippen molar-refractivity contribution in [2.24, 2.45) is 0 Å². The van der Waals surface area contributed by atoms with Crippen molar-refractivity contribution in [1.29, 1.82) is 0 Å². The van der Waals surface area contributed by atoms with Crippen molar-refractivity contribution in [2.45, 2.75) is 32.4 Å². The van der Waals surface area contributed by atoms with Crippen LogP contribution < -0.4 is 10.2 Å². The van der Waals surface area contributed by atoms with Gasteiger partial charge in [0.1, 0.15) is 6.04 Å². The zero-order valence-electron chi connectivity index (χ0n) is 18.7. The lowest BCUT2D eigenvalue weighted by atomic mass is 10.1. The smallest absolute Gasteiger partial charge is 0.258 e. The monoisotopic (exact) mass is 463 g/mol. The Labute approximate surface area is 198 Å². The molecule has 1 N–H and O–H groups in total. The van der Waals surface area contributed by atoms with Crippen LogP contribution in [0.1, 0.15) is 35.7 Å². The van der Waals surface area contributed by atoms with Gasteiger partial charge in [-0.05, 0) is 42.5 Å². The Hall–Kier alpha value is -3.38. The molecule has 33 heavy (non-hydrogen) atoms. The summed E-state index contributed by atoms with van der Waals surface area (Å²) < 4.78 is 0. The summed E-state index contributed by atoms with van der Waals surface area (Å²) in [6, 6.07) is 18.2. The van der Waals surface area contributed by atoms with E-state index in [0.29, 0.717) is 23.6 Å². The fourth-order valence-corrected chi connectivity index (χ4v) is 4.53. The zero-order chi connectivity index (χ0) is 23.5. The maximum Gasteiger partial charge on any atom is 0.258 e. The number of likely N-dealkylation sites (N-methyl/N-ethyl adjacent to an activating group) is 1. The van der Waals surface area contributed by atoms with Crippen molar-refractivity contribution < 1.29 is 14.4 Å². The molecule has 1 atom stereocenters. The number of amides is 3. The van der Waals surface area contributed by atoms with Crippen LogP contribution in [0.3, 0.4) is 0 Å². The van der Waals surface area contributed by atoms with E-state index in [4.69, 9.17) is 11.6 Å². The number of halogens is 1. The average molecular weight is 464 g/mol. The Morgan fingerprint density at radius 1 is 1.06 bits per heavy atom. The van der Waals surface area contributed by atoms with Crippen LogP contribution in [0.15, 0.2) is 60.7 Å². The van der Waals surface area contributed by atoms with Crippen LogP contribution in [-0.4, -0.2) is 42.3 Å². The van der Waals surface area contributed by atoms with Crippen LogP contribution in [0.2, 0.25) is 5.02 Å². The summed E-state index contributed by atoms with van der Waals surface area (Å²) in [6.45, 7) is 2.36. The van der Waals surface area contributed by atoms with E-state index in [9.17, 15) is 14.4 Å². The number of nitrogens with one attached hydrogen (secondary N) is 1. The summed E-state index contributed by atoms with van der Waals surface area (Å²) in [5.74, 6) is -0.443. The lowest BCUT2D eigenvalue weighted by Crippen LogP contribution is -2.46. The quantitative estimate of drug-likeness (QED) is 0.538. The van der Waals surface area contributed by atoms with Crippen molar-refractivity contribution in [3.8, 4) is 0 Å². The van der Waals surface area contributed by atoms with Gasteiger partial charge in [-0.1, -0.05) is 54.1 Å². The van der Waals surface area contributed by atoms with Crippen LogP contribution in [0.4, 0.5) is 5.69 Å². The van der Waals surface area contributed by atoms with Gasteiger partial charge in [-0.3, -0.25) is 14.4 Å². The van der Waals surface area contributed by atoms with E-state index >= 15 is 0 Å². The number of hydrogen-bond donors (Lipinski definition) is 1. The molecule has 7 heteroatoms. The predicted octanol–water partition coefficient (Wildman–Crippen LogP) is 4.40. The highest BCUT2D eigenvalue weighted by molar-refractivity contribution is 6.31. The number of benzene rings is 3. The second kappa shape index (κ2) is 9.63. The fraction of sp³-hybridized carbons (Fsp3) is 0.269. The van der Waals surface area contributed by atoms with E-state index in [-0.39, 0.29) is 30.7 Å². The Bertz CT molecular complexity index is 1220. The minimum Gasteiger partial charge on any atom is -0.357 e. The fourth-order valence-electron chi connectivity index (χ4n) is 4.33. The Balaban J connectivity index is 1.47. The number of carbonyl (C=O) groups excluding carboxylic acids is 3. The molecule has 0 radical (unpaired) electrons. The van der Waals surface area contributed by atoms with Crippen molar-refractivity contribution in [1.82, 2.24) is 10.2 Å². The van der Waals surface area contributed by atoms with Crippen LogP contribution in [0.25, 0.3) is 10.8 Å². The minimum absolute atomic E-state index is 0.0408. The van der Waals surface area contributed by atoms with Gasteiger partial charge in [-0.15, -0.1) is 0 Å². The van der Waals surface area contributed by atoms with E-state index in [1.165, 1.54) is 0 Å². The lowest BCUT2D eigenvalue weighted by Gasteiger charge is -2.29. The molecule has 0 saturated carbocycles. The van der Waals surface area contributed by atoms with Crippen LogP contribution in [0, 0.1) is 0 Å². The molecule has 1 heterocycles. The Morgan fingerprint density at radius 3 is 2.52 bits per heavy atom. The molecular formula is C26H26ClN3O3. The summed E-state index contributed by atoms with van der Waals surface area (Å²) in [5.41, 5.74) is 2.36. The number of nitrogens with zero attached hydrogens (tertiary/aromatic N) is 2. The van der Waals surface area contributed by atoms with Crippen molar-refractivity contribution in [2.75, 3.05) is 18.5 Å². The zero-order valence-corrected chi connectivity index (χ0v) is 19.4. The van der Waals surface area contributed by atoms with Gasteiger partial charge in [-0.2, -0.15) is 0 Å². The molecule has 0 bridgehead atoms. The first-order valence-corrected chi connectivity index (χ1v) is 11.4. The molecule has 3 aromatic rings. The van der Waals surface area contributed by atoms with Crippen LogP contribution in [-0.2, 0) is 16.1 Å². The SMILES string of the molecule is CNC(=O)[C@@H](C)N(Cc1ccccc1Cl)C(=O)CCCN1C(=O)c2cccc3cccc1c23. The largest absolute Gasteiger partial charge is 0.357 e. The number of carbonyl (C=O) groups is 3. The molecule has 4 rings (SSSR count). The molecule has 0 unspecified atom stereocenters. The topological polar surface area (TPSA) is 69.7 Å². The average Bonchev–Trinajstić information content (AvgIpc) is 3.10.